The number of methoxy groups -OCH3 is 1. The zero-order valence-corrected chi connectivity index (χ0v) is 13.4. The fourth-order valence-corrected chi connectivity index (χ4v) is 2.54. The van der Waals surface area contributed by atoms with Crippen molar-refractivity contribution in [3.8, 4) is 5.75 Å². The molecule has 1 heterocycles. The largest absolute Gasteiger partial charge is 0.495 e. The number of benzene rings is 2. The number of fused-ring (bicyclic) bond motifs is 1. The van der Waals surface area contributed by atoms with Gasteiger partial charge in [0, 0.05) is 0 Å². The lowest BCUT2D eigenvalue weighted by Gasteiger charge is -2.11. The van der Waals surface area contributed by atoms with E-state index in [1.54, 1.807) is 30.3 Å². The highest BCUT2D eigenvalue weighted by Gasteiger charge is 2.11. The minimum Gasteiger partial charge on any atom is -0.495 e. The van der Waals surface area contributed by atoms with Gasteiger partial charge in [0.25, 0.3) is 5.56 Å². The quantitative estimate of drug-likeness (QED) is 0.800. The van der Waals surface area contributed by atoms with Gasteiger partial charge in [0.05, 0.1) is 30.0 Å². The molecule has 0 unspecified atom stereocenters. The normalized spacial score (nSPS) is 10.6. The Kier molecular flexibility index (Phi) is 4.29. The van der Waals surface area contributed by atoms with Crippen LogP contribution in [0, 0.1) is 6.92 Å². The van der Waals surface area contributed by atoms with Gasteiger partial charge in [-0.1, -0.05) is 24.3 Å². The van der Waals surface area contributed by atoms with E-state index in [0.717, 1.165) is 5.56 Å². The van der Waals surface area contributed by atoms with Gasteiger partial charge in [0.1, 0.15) is 12.3 Å². The van der Waals surface area contributed by atoms with Gasteiger partial charge in [-0.25, -0.2) is 4.98 Å². The van der Waals surface area contributed by atoms with Gasteiger partial charge in [0.2, 0.25) is 5.91 Å². The van der Waals surface area contributed by atoms with Crippen molar-refractivity contribution in [3.05, 3.63) is 64.7 Å². The molecule has 1 aromatic heterocycles. The van der Waals surface area contributed by atoms with Gasteiger partial charge in [0.15, 0.2) is 0 Å². The lowest BCUT2D eigenvalue weighted by Crippen LogP contribution is -2.28. The van der Waals surface area contributed by atoms with Crippen LogP contribution in [0.15, 0.2) is 53.6 Å². The number of aryl methyl sites for hydroxylation is 1. The van der Waals surface area contributed by atoms with E-state index >= 15 is 0 Å². The summed E-state index contributed by atoms with van der Waals surface area (Å²) in [4.78, 5) is 29.1. The third-order valence-corrected chi connectivity index (χ3v) is 3.75. The van der Waals surface area contributed by atoms with E-state index in [0.29, 0.717) is 22.3 Å². The van der Waals surface area contributed by atoms with Gasteiger partial charge in [-0.05, 0) is 30.7 Å². The molecule has 24 heavy (non-hydrogen) atoms. The van der Waals surface area contributed by atoms with E-state index in [-0.39, 0.29) is 18.0 Å². The van der Waals surface area contributed by atoms with Gasteiger partial charge < -0.3 is 10.1 Å². The highest BCUT2D eigenvalue weighted by atomic mass is 16.5. The SMILES string of the molecule is COc1ccccc1NC(=O)Cn1cnc2c(C)cccc2c1=O. The molecule has 0 fully saturated rings. The second-order valence-corrected chi connectivity index (χ2v) is 5.40. The number of amides is 1. The first-order chi connectivity index (χ1) is 11.6. The van der Waals surface area contributed by atoms with Crippen LogP contribution in [0.4, 0.5) is 5.69 Å². The average Bonchev–Trinajstić information content (AvgIpc) is 2.58. The molecule has 0 atom stereocenters. The highest BCUT2D eigenvalue weighted by Crippen LogP contribution is 2.22. The van der Waals surface area contributed by atoms with E-state index in [4.69, 9.17) is 4.74 Å². The monoisotopic (exact) mass is 323 g/mol. The molecular formula is C18H17N3O3. The number of para-hydroxylation sites is 3. The summed E-state index contributed by atoms with van der Waals surface area (Å²) in [7, 11) is 1.53. The van der Waals surface area contributed by atoms with Crippen molar-refractivity contribution in [2.24, 2.45) is 0 Å². The van der Waals surface area contributed by atoms with E-state index in [9.17, 15) is 9.59 Å². The van der Waals surface area contributed by atoms with Gasteiger partial charge in [-0.3, -0.25) is 14.2 Å². The van der Waals surface area contributed by atoms with Crippen molar-refractivity contribution in [1.82, 2.24) is 9.55 Å². The second-order valence-electron chi connectivity index (χ2n) is 5.40. The molecule has 0 spiro atoms. The Morgan fingerprint density at radius 1 is 1.21 bits per heavy atom. The van der Waals surface area contributed by atoms with Crippen LogP contribution in [-0.4, -0.2) is 22.6 Å². The van der Waals surface area contributed by atoms with Crippen molar-refractivity contribution in [3.63, 3.8) is 0 Å². The van der Waals surface area contributed by atoms with Crippen LogP contribution >= 0.6 is 0 Å². The molecule has 0 saturated carbocycles. The standard InChI is InChI=1S/C18H17N3O3/c1-12-6-5-7-13-17(12)19-11-21(18(13)23)10-16(22)20-14-8-3-4-9-15(14)24-2/h3-9,11H,10H2,1-2H3,(H,20,22). The summed E-state index contributed by atoms with van der Waals surface area (Å²) in [6, 6.07) is 12.5. The first-order valence-corrected chi connectivity index (χ1v) is 7.48. The smallest absolute Gasteiger partial charge is 0.261 e. The van der Waals surface area contributed by atoms with Crippen LogP contribution in [0.5, 0.6) is 5.75 Å². The van der Waals surface area contributed by atoms with Gasteiger partial charge in [-0.15, -0.1) is 0 Å². The van der Waals surface area contributed by atoms with E-state index in [1.807, 2.05) is 19.1 Å². The first-order valence-electron chi connectivity index (χ1n) is 7.48. The number of carbonyl (C=O) groups excluding carboxylic acids is 1. The third kappa shape index (κ3) is 2.99. The maximum absolute atomic E-state index is 12.5. The molecule has 122 valence electrons. The van der Waals surface area contributed by atoms with Crippen LogP contribution in [0.3, 0.4) is 0 Å². The second kappa shape index (κ2) is 6.54. The molecule has 6 heteroatoms. The molecule has 3 aromatic rings. The minimum absolute atomic E-state index is 0.117. The maximum Gasteiger partial charge on any atom is 0.261 e. The topological polar surface area (TPSA) is 73.2 Å². The van der Waals surface area contributed by atoms with Crippen molar-refractivity contribution < 1.29 is 9.53 Å². The lowest BCUT2D eigenvalue weighted by molar-refractivity contribution is -0.116. The molecule has 0 bridgehead atoms. The first kappa shape index (κ1) is 15.7. The number of nitrogens with zero attached hydrogens (tertiary/aromatic N) is 2. The zero-order valence-electron chi connectivity index (χ0n) is 13.4. The average molecular weight is 323 g/mol. The van der Waals surface area contributed by atoms with Crippen molar-refractivity contribution in [2.45, 2.75) is 13.5 Å². The summed E-state index contributed by atoms with van der Waals surface area (Å²) in [6.45, 7) is 1.78. The van der Waals surface area contributed by atoms with E-state index in [2.05, 4.69) is 10.3 Å². The summed E-state index contributed by atoms with van der Waals surface area (Å²) in [6.07, 6.45) is 1.40. The number of anilines is 1. The summed E-state index contributed by atoms with van der Waals surface area (Å²) in [5, 5.41) is 3.25. The molecule has 2 aromatic carbocycles. The Morgan fingerprint density at radius 2 is 2.00 bits per heavy atom. The zero-order chi connectivity index (χ0) is 17.1. The predicted octanol–water partition coefficient (Wildman–Crippen LogP) is 2.35. The van der Waals surface area contributed by atoms with E-state index in [1.165, 1.54) is 18.0 Å². The highest BCUT2D eigenvalue weighted by molar-refractivity contribution is 5.92. The Bertz CT molecular complexity index is 963. The third-order valence-electron chi connectivity index (χ3n) is 3.75. The lowest BCUT2D eigenvalue weighted by atomic mass is 10.1. The molecule has 0 aliphatic rings. The van der Waals surface area contributed by atoms with Crippen LogP contribution in [-0.2, 0) is 11.3 Å². The van der Waals surface area contributed by atoms with Crippen molar-refractivity contribution in [1.29, 1.82) is 0 Å². The van der Waals surface area contributed by atoms with Crippen molar-refractivity contribution in [2.75, 3.05) is 12.4 Å². The van der Waals surface area contributed by atoms with E-state index < -0.39 is 0 Å². The Balaban J connectivity index is 1.86. The fourth-order valence-electron chi connectivity index (χ4n) is 2.54. The number of rotatable bonds is 4. The number of nitrogens with one attached hydrogen (secondary N) is 1. The number of hydrogen-bond donors (Lipinski definition) is 1. The molecule has 1 N–H and O–H groups in total. The van der Waals surface area contributed by atoms with Crippen LogP contribution < -0.4 is 15.6 Å². The Labute approximate surface area is 138 Å². The molecule has 0 aliphatic heterocycles. The number of hydrogen-bond acceptors (Lipinski definition) is 4. The van der Waals surface area contributed by atoms with Gasteiger partial charge in [-0.2, -0.15) is 0 Å². The summed E-state index contributed by atoms with van der Waals surface area (Å²) in [5.74, 6) is 0.237. The molecule has 0 radical (unpaired) electrons. The number of ether oxygens (including phenoxy) is 1. The fraction of sp³-hybridized carbons (Fsp3) is 0.167. The summed E-state index contributed by atoms with van der Waals surface area (Å²) < 4.78 is 6.49. The van der Waals surface area contributed by atoms with Gasteiger partial charge >= 0.3 is 0 Å². The number of aromatic nitrogens is 2. The molecule has 0 aliphatic carbocycles. The van der Waals surface area contributed by atoms with Crippen LogP contribution in [0.25, 0.3) is 10.9 Å². The maximum atomic E-state index is 12.5. The molecule has 3 rings (SSSR count). The number of carbonyl (C=O) groups is 1. The predicted molar refractivity (Wildman–Crippen MR) is 92.4 cm³/mol. The van der Waals surface area contributed by atoms with Crippen molar-refractivity contribution >= 4 is 22.5 Å². The Morgan fingerprint density at radius 3 is 2.79 bits per heavy atom. The molecule has 6 nitrogen and oxygen atoms in total. The van der Waals surface area contributed by atoms with Crippen LogP contribution in [0.1, 0.15) is 5.56 Å². The minimum atomic E-state index is -0.324. The molecule has 0 saturated heterocycles. The molecular weight excluding hydrogens is 306 g/mol. The molecule has 1 amide bonds. The summed E-state index contributed by atoms with van der Waals surface area (Å²) >= 11 is 0. The summed E-state index contributed by atoms with van der Waals surface area (Å²) in [5.41, 5.74) is 1.90. The van der Waals surface area contributed by atoms with Crippen LogP contribution in [0.2, 0.25) is 0 Å². The Hall–Kier alpha value is -3.15.